The lowest BCUT2D eigenvalue weighted by molar-refractivity contribution is 0.600. The molecule has 0 aliphatic carbocycles. The van der Waals surface area contributed by atoms with Gasteiger partial charge in [0.1, 0.15) is 0 Å². The van der Waals surface area contributed by atoms with Crippen molar-refractivity contribution in [2.75, 3.05) is 4.72 Å². The van der Waals surface area contributed by atoms with Gasteiger partial charge in [-0.2, -0.15) is 5.10 Å². The standard InChI is InChI=1S/C17H15Cl2N3O2S/c18-15-7-6-14(17(19)8-15)10-22-11-16(9-20-22)21-25(23,24)12-13-4-2-1-3-5-13/h1-9,11,21H,10,12H2. The minimum atomic E-state index is -3.51. The maximum absolute atomic E-state index is 12.2. The monoisotopic (exact) mass is 395 g/mol. The van der Waals surface area contributed by atoms with Crippen LogP contribution in [0.2, 0.25) is 10.0 Å². The first-order valence-corrected chi connectivity index (χ1v) is 9.83. The topological polar surface area (TPSA) is 64.0 Å². The van der Waals surface area contributed by atoms with Crippen molar-refractivity contribution in [1.29, 1.82) is 0 Å². The molecule has 3 rings (SSSR count). The van der Waals surface area contributed by atoms with Gasteiger partial charge < -0.3 is 0 Å². The summed E-state index contributed by atoms with van der Waals surface area (Å²) in [6.45, 7) is 0.413. The SMILES string of the molecule is O=S(=O)(Cc1ccccc1)Nc1cnn(Cc2ccc(Cl)cc2Cl)c1. The van der Waals surface area contributed by atoms with Crippen molar-refractivity contribution >= 4 is 38.9 Å². The average molecular weight is 396 g/mol. The minimum absolute atomic E-state index is 0.0952. The Labute approximate surface area is 156 Å². The number of rotatable bonds is 6. The smallest absolute Gasteiger partial charge is 0.237 e. The second-order valence-corrected chi connectivity index (χ2v) is 8.07. The molecular weight excluding hydrogens is 381 g/mol. The Morgan fingerprint density at radius 1 is 1.08 bits per heavy atom. The number of sulfonamides is 1. The first kappa shape index (κ1) is 17.8. The van der Waals surface area contributed by atoms with E-state index in [0.717, 1.165) is 11.1 Å². The second kappa shape index (κ2) is 7.47. The third-order valence-electron chi connectivity index (χ3n) is 3.45. The lowest BCUT2D eigenvalue weighted by Gasteiger charge is -2.06. The quantitative estimate of drug-likeness (QED) is 0.680. The Morgan fingerprint density at radius 2 is 1.84 bits per heavy atom. The van der Waals surface area contributed by atoms with E-state index in [0.29, 0.717) is 22.3 Å². The molecule has 2 aromatic carbocycles. The van der Waals surface area contributed by atoms with Gasteiger partial charge in [-0.25, -0.2) is 8.42 Å². The number of nitrogens with one attached hydrogen (secondary N) is 1. The molecule has 0 aliphatic rings. The average Bonchev–Trinajstić information content (AvgIpc) is 2.97. The van der Waals surface area contributed by atoms with Crippen LogP contribution in [0.5, 0.6) is 0 Å². The van der Waals surface area contributed by atoms with Crippen LogP contribution in [0.3, 0.4) is 0 Å². The summed E-state index contributed by atoms with van der Waals surface area (Å²) in [6.07, 6.45) is 3.08. The molecule has 1 heterocycles. The van der Waals surface area contributed by atoms with Gasteiger partial charge in [-0.1, -0.05) is 59.6 Å². The Hall–Kier alpha value is -2.02. The Bertz CT molecular complexity index is 973. The number of aromatic nitrogens is 2. The van der Waals surface area contributed by atoms with Crippen molar-refractivity contribution < 1.29 is 8.42 Å². The van der Waals surface area contributed by atoms with Crippen LogP contribution in [0.25, 0.3) is 0 Å². The maximum atomic E-state index is 12.2. The van der Waals surface area contributed by atoms with Gasteiger partial charge in [0, 0.05) is 16.2 Å². The van der Waals surface area contributed by atoms with Crippen LogP contribution in [-0.2, 0) is 22.3 Å². The Morgan fingerprint density at radius 3 is 2.56 bits per heavy atom. The third-order valence-corrected chi connectivity index (χ3v) is 5.30. The summed E-state index contributed by atoms with van der Waals surface area (Å²) in [5, 5.41) is 5.26. The van der Waals surface area contributed by atoms with Gasteiger partial charge >= 0.3 is 0 Å². The summed E-state index contributed by atoms with van der Waals surface area (Å²) < 4.78 is 28.6. The summed E-state index contributed by atoms with van der Waals surface area (Å²) in [5.41, 5.74) is 1.96. The van der Waals surface area contributed by atoms with Crippen LogP contribution >= 0.6 is 23.2 Å². The van der Waals surface area contributed by atoms with Crippen molar-refractivity contribution in [2.45, 2.75) is 12.3 Å². The van der Waals surface area contributed by atoms with Crippen LogP contribution in [0, 0.1) is 0 Å². The van der Waals surface area contributed by atoms with Gasteiger partial charge in [0.05, 0.1) is 24.2 Å². The molecule has 0 radical (unpaired) electrons. The van der Waals surface area contributed by atoms with Crippen molar-refractivity contribution in [3.8, 4) is 0 Å². The molecule has 8 heteroatoms. The van der Waals surface area contributed by atoms with Gasteiger partial charge in [-0.15, -0.1) is 0 Å². The largest absolute Gasteiger partial charge is 0.280 e. The number of nitrogens with zero attached hydrogens (tertiary/aromatic N) is 2. The third kappa shape index (κ3) is 4.98. The fourth-order valence-electron chi connectivity index (χ4n) is 2.34. The highest BCUT2D eigenvalue weighted by Gasteiger charge is 2.13. The molecule has 25 heavy (non-hydrogen) atoms. The van der Waals surface area contributed by atoms with E-state index in [-0.39, 0.29) is 5.75 Å². The fourth-order valence-corrected chi connectivity index (χ4v) is 3.97. The molecule has 0 amide bonds. The summed E-state index contributed by atoms with van der Waals surface area (Å²) in [4.78, 5) is 0. The van der Waals surface area contributed by atoms with Crippen molar-refractivity contribution in [3.63, 3.8) is 0 Å². The summed E-state index contributed by atoms with van der Waals surface area (Å²) in [6, 6.07) is 14.2. The molecule has 0 unspecified atom stereocenters. The molecule has 0 atom stereocenters. The predicted octanol–water partition coefficient (Wildman–Crippen LogP) is 4.18. The molecule has 0 aliphatic heterocycles. The zero-order valence-electron chi connectivity index (χ0n) is 13.1. The zero-order valence-corrected chi connectivity index (χ0v) is 15.4. The van der Waals surface area contributed by atoms with Crippen molar-refractivity contribution in [2.24, 2.45) is 0 Å². The highest BCUT2D eigenvalue weighted by molar-refractivity contribution is 7.91. The Kier molecular flexibility index (Phi) is 5.32. The molecular formula is C17H15Cl2N3O2S. The fraction of sp³-hybridized carbons (Fsp3) is 0.118. The summed E-state index contributed by atoms with van der Waals surface area (Å²) in [5.74, 6) is -0.0952. The van der Waals surface area contributed by atoms with E-state index in [9.17, 15) is 8.42 Å². The molecule has 0 fully saturated rings. The first-order valence-electron chi connectivity index (χ1n) is 7.42. The highest BCUT2D eigenvalue weighted by atomic mass is 35.5. The van der Waals surface area contributed by atoms with Gasteiger partial charge in [0.25, 0.3) is 0 Å². The first-order chi connectivity index (χ1) is 11.9. The van der Waals surface area contributed by atoms with Crippen LogP contribution in [0.15, 0.2) is 60.9 Å². The number of anilines is 1. The number of hydrogen-bond acceptors (Lipinski definition) is 3. The molecule has 0 bridgehead atoms. The molecule has 1 aromatic heterocycles. The Balaban J connectivity index is 1.69. The van der Waals surface area contributed by atoms with E-state index in [1.165, 1.54) is 6.20 Å². The number of benzene rings is 2. The molecule has 3 aromatic rings. The van der Waals surface area contributed by atoms with Crippen LogP contribution in [0.1, 0.15) is 11.1 Å². The molecule has 130 valence electrons. The van der Waals surface area contributed by atoms with E-state index < -0.39 is 10.0 Å². The van der Waals surface area contributed by atoms with Crippen molar-refractivity contribution in [3.05, 3.63) is 82.1 Å². The van der Waals surface area contributed by atoms with E-state index in [2.05, 4.69) is 9.82 Å². The van der Waals surface area contributed by atoms with Gasteiger partial charge in [0.2, 0.25) is 10.0 Å². The maximum Gasteiger partial charge on any atom is 0.237 e. The van der Waals surface area contributed by atoms with Crippen molar-refractivity contribution in [1.82, 2.24) is 9.78 Å². The summed E-state index contributed by atoms with van der Waals surface area (Å²) >= 11 is 12.0. The van der Waals surface area contributed by atoms with E-state index in [4.69, 9.17) is 23.2 Å². The second-order valence-electron chi connectivity index (χ2n) is 5.51. The van der Waals surface area contributed by atoms with Gasteiger partial charge in [0.15, 0.2) is 0 Å². The molecule has 0 saturated carbocycles. The highest BCUT2D eigenvalue weighted by Crippen LogP contribution is 2.22. The summed E-state index contributed by atoms with van der Waals surface area (Å²) in [7, 11) is -3.51. The van der Waals surface area contributed by atoms with E-state index >= 15 is 0 Å². The normalized spacial score (nSPS) is 11.4. The van der Waals surface area contributed by atoms with Crippen LogP contribution < -0.4 is 4.72 Å². The predicted molar refractivity (Wildman–Crippen MR) is 100 cm³/mol. The lowest BCUT2D eigenvalue weighted by atomic mass is 10.2. The van der Waals surface area contributed by atoms with Gasteiger partial charge in [-0.05, 0) is 23.3 Å². The van der Waals surface area contributed by atoms with Gasteiger partial charge in [-0.3, -0.25) is 9.40 Å². The minimum Gasteiger partial charge on any atom is -0.280 e. The molecule has 1 N–H and O–H groups in total. The lowest BCUT2D eigenvalue weighted by Crippen LogP contribution is -2.14. The van der Waals surface area contributed by atoms with E-state index in [1.807, 2.05) is 12.1 Å². The number of hydrogen-bond donors (Lipinski definition) is 1. The molecule has 0 spiro atoms. The van der Waals surface area contributed by atoms with Crippen LogP contribution in [-0.4, -0.2) is 18.2 Å². The number of halogens is 2. The van der Waals surface area contributed by atoms with Crippen LogP contribution in [0.4, 0.5) is 5.69 Å². The zero-order chi connectivity index (χ0) is 17.9. The van der Waals surface area contributed by atoms with E-state index in [1.54, 1.807) is 47.3 Å². The molecule has 5 nitrogen and oxygen atoms in total. The molecule has 0 saturated heterocycles.